The van der Waals surface area contributed by atoms with Crippen molar-refractivity contribution in [2.45, 2.75) is 32.5 Å². The molecular weight excluding hydrogens is 216 g/mol. The Hall–Kier alpha value is -1.39. The van der Waals surface area contributed by atoms with E-state index in [0.717, 1.165) is 5.56 Å². The molecule has 0 fully saturated rings. The van der Waals surface area contributed by atoms with E-state index in [1.165, 1.54) is 0 Å². The summed E-state index contributed by atoms with van der Waals surface area (Å²) < 4.78 is 5.29. The number of carbonyl (C=O) groups excluding carboxylic acids is 1. The van der Waals surface area contributed by atoms with Crippen LogP contribution in [0.15, 0.2) is 30.3 Å². The Labute approximate surface area is 102 Å². The minimum Gasteiger partial charge on any atom is -0.352 e. The van der Waals surface area contributed by atoms with Crippen molar-refractivity contribution in [1.29, 1.82) is 0 Å². The molecule has 0 spiro atoms. The third-order valence-corrected chi connectivity index (χ3v) is 2.61. The number of nitrogens with two attached hydrogens (primary N) is 1. The average Bonchev–Trinajstić information content (AvgIpc) is 2.37. The molecule has 1 unspecified atom stereocenters. The van der Waals surface area contributed by atoms with Gasteiger partial charge in [0.05, 0.1) is 0 Å². The van der Waals surface area contributed by atoms with E-state index in [1.807, 2.05) is 44.2 Å². The lowest BCUT2D eigenvalue weighted by Crippen LogP contribution is -2.55. The summed E-state index contributed by atoms with van der Waals surface area (Å²) in [6, 6.07) is 9.69. The molecule has 1 rings (SSSR count). The van der Waals surface area contributed by atoms with Gasteiger partial charge in [-0.2, -0.15) is 0 Å². The fraction of sp³-hybridized carbons (Fsp3) is 0.462. The van der Waals surface area contributed by atoms with Crippen molar-refractivity contribution in [3.63, 3.8) is 0 Å². The third kappa shape index (κ3) is 3.84. The third-order valence-electron chi connectivity index (χ3n) is 2.61. The van der Waals surface area contributed by atoms with Gasteiger partial charge in [-0.25, -0.2) is 0 Å². The lowest BCUT2D eigenvalue weighted by molar-refractivity contribution is -0.146. The van der Waals surface area contributed by atoms with Crippen LogP contribution in [0.4, 0.5) is 0 Å². The quantitative estimate of drug-likeness (QED) is 0.734. The number of amides is 1. The predicted octanol–water partition coefficient (Wildman–Crippen LogP) is 1.40. The van der Waals surface area contributed by atoms with E-state index in [-0.39, 0.29) is 5.91 Å². The summed E-state index contributed by atoms with van der Waals surface area (Å²) in [4.78, 5) is 11.9. The maximum absolute atomic E-state index is 11.9. The summed E-state index contributed by atoms with van der Waals surface area (Å²) in [5.74, 6) is -0.272. The molecule has 0 heterocycles. The standard InChI is InChI=1S/C13H20N2O2/c1-3-13(14,17-4-2)12(16)15-10-11-8-6-5-7-9-11/h5-9H,3-4,10,14H2,1-2H3,(H,15,16). The van der Waals surface area contributed by atoms with Crippen molar-refractivity contribution in [2.24, 2.45) is 5.73 Å². The van der Waals surface area contributed by atoms with Crippen LogP contribution >= 0.6 is 0 Å². The van der Waals surface area contributed by atoms with Gasteiger partial charge in [-0.15, -0.1) is 0 Å². The second-order valence-electron chi connectivity index (χ2n) is 3.84. The summed E-state index contributed by atoms with van der Waals surface area (Å²) >= 11 is 0. The van der Waals surface area contributed by atoms with Crippen LogP contribution in [0, 0.1) is 0 Å². The SMILES string of the molecule is CCOC(N)(CC)C(=O)NCc1ccccc1. The number of rotatable bonds is 6. The second-order valence-corrected chi connectivity index (χ2v) is 3.84. The number of hydrogen-bond acceptors (Lipinski definition) is 3. The van der Waals surface area contributed by atoms with E-state index in [0.29, 0.717) is 19.6 Å². The summed E-state index contributed by atoms with van der Waals surface area (Å²) in [5, 5.41) is 2.79. The van der Waals surface area contributed by atoms with Gasteiger partial charge in [0.1, 0.15) is 0 Å². The summed E-state index contributed by atoms with van der Waals surface area (Å²) in [5.41, 5.74) is 5.70. The van der Waals surface area contributed by atoms with E-state index >= 15 is 0 Å². The van der Waals surface area contributed by atoms with Crippen LogP contribution in [0.3, 0.4) is 0 Å². The highest BCUT2D eigenvalue weighted by atomic mass is 16.5. The Balaban J connectivity index is 2.54. The first-order chi connectivity index (χ1) is 8.12. The van der Waals surface area contributed by atoms with Gasteiger partial charge in [0.15, 0.2) is 5.72 Å². The lowest BCUT2D eigenvalue weighted by atomic mass is 10.1. The molecule has 0 saturated carbocycles. The van der Waals surface area contributed by atoms with Crippen molar-refractivity contribution in [3.05, 3.63) is 35.9 Å². The Morgan fingerprint density at radius 3 is 2.53 bits per heavy atom. The fourth-order valence-electron chi connectivity index (χ4n) is 1.51. The Kier molecular flexibility index (Phi) is 5.12. The average molecular weight is 236 g/mol. The van der Waals surface area contributed by atoms with Gasteiger partial charge in [0.2, 0.25) is 0 Å². The Bertz CT molecular complexity index is 354. The molecule has 3 N–H and O–H groups in total. The van der Waals surface area contributed by atoms with Gasteiger partial charge in [0, 0.05) is 13.2 Å². The number of benzene rings is 1. The molecule has 94 valence electrons. The van der Waals surface area contributed by atoms with Crippen molar-refractivity contribution >= 4 is 5.91 Å². The highest BCUT2D eigenvalue weighted by Crippen LogP contribution is 2.09. The number of hydrogen-bond donors (Lipinski definition) is 2. The number of carbonyl (C=O) groups is 1. The van der Waals surface area contributed by atoms with Gasteiger partial charge >= 0.3 is 0 Å². The van der Waals surface area contributed by atoms with Crippen LogP contribution in [0.5, 0.6) is 0 Å². The molecule has 17 heavy (non-hydrogen) atoms. The van der Waals surface area contributed by atoms with Gasteiger partial charge in [-0.3, -0.25) is 10.5 Å². The highest BCUT2D eigenvalue weighted by molar-refractivity contribution is 5.84. The zero-order valence-corrected chi connectivity index (χ0v) is 10.4. The Morgan fingerprint density at radius 1 is 1.35 bits per heavy atom. The van der Waals surface area contributed by atoms with Crippen LogP contribution in [-0.2, 0) is 16.1 Å². The Morgan fingerprint density at radius 2 is 2.00 bits per heavy atom. The minimum atomic E-state index is -1.22. The van der Waals surface area contributed by atoms with Gasteiger partial charge in [-0.1, -0.05) is 37.3 Å². The summed E-state index contributed by atoms with van der Waals surface area (Å²) in [7, 11) is 0. The molecule has 0 aliphatic rings. The van der Waals surface area contributed by atoms with Crippen LogP contribution in [-0.4, -0.2) is 18.2 Å². The van der Waals surface area contributed by atoms with Gasteiger partial charge < -0.3 is 10.1 Å². The fourth-order valence-corrected chi connectivity index (χ4v) is 1.51. The van der Waals surface area contributed by atoms with E-state index in [2.05, 4.69) is 5.32 Å². The first kappa shape index (κ1) is 13.7. The van der Waals surface area contributed by atoms with E-state index < -0.39 is 5.72 Å². The molecule has 0 aliphatic carbocycles. The second kappa shape index (κ2) is 6.37. The van der Waals surface area contributed by atoms with Crippen molar-refractivity contribution in [1.82, 2.24) is 5.32 Å². The van der Waals surface area contributed by atoms with Crippen molar-refractivity contribution in [3.8, 4) is 0 Å². The molecule has 4 nitrogen and oxygen atoms in total. The lowest BCUT2D eigenvalue weighted by Gasteiger charge is -2.26. The first-order valence-electron chi connectivity index (χ1n) is 5.87. The van der Waals surface area contributed by atoms with E-state index in [9.17, 15) is 4.79 Å². The molecule has 0 aromatic heterocycles. The molecule has 1 amide bonds. The van der Waals surface area contributed by atoms with Crippen LogP contribution < -0.4 is 11.1 Å². The van der Waals surface area contributed by atoms with Gasteiger partial charge in [0.25, 0.3) is 5.91 Å². The molecule has 0 saturated heterocycles. The molecule has 0 bridgehead atoms. The van der Waals surface area contributed by atoms with Gasteiger partial charge in [-0.05, 0) is 18.9 Å². The summed E-state index contributed by atoms with van der Waals surface area (Å²) in [6.45, 7) is 4.54. The smallest absolute Gasteiger partial charge is 0.267 e. The number of ether oxygens (including phenoxy) is 1. The molecule has 1 atom stereocenters. The molecular formula is C13H20N2O2. The predicted molar refractivity (Wildman–Crippen MR) is 67.1 cm³/mol. The van der Waals surface area contributed by atoms with Crippen molar-refractivity contribution in [2.75, 3.05) is 6.61 Å². The molecule has 1 aromatic carbocycles. The summed E-state index contributed by atoms with van der Waals surface area (Å²) in [6.07, 6.45) is 0.446. The maximum Gasteiger partial charge on any atom is 0.267 e. The molecule has 1 aromatic rings. The van der Waals surface area contributed by atoms with E-state index in [4.69, 9.17) is 10.5 Å². The monoisotopic (exact) mass is 236 g/mol. The zero-order valence-electron chi connectivity index (χ0n) is 10.4. The van der Waals surface area contributed by atoms with Crippen molar-refractivity contribution < 1.29 is 9.53 Å². The highest BCUT2D eigenvalue weighted by Gasteiger charge is 2.32. The molecule has 0 aliphatic heterocycles. The largest absolute Gasteiger partial charge is 0.352 e. The first-order valence-corrected chi connectivity index (χ1v) is 5.87. The van der Waals surface area contributed by atoms with Crippen LogP contribution in [0.1, 0.15) is 25.8 Å². The molecule has 4 heteroatoms. The topological polar surface area (TPSA) is 64.3 Å². The molecule has 0 radical (unpaired) electrons. The maximum atomic E-state index is 11.9. The van der Waals surface area contributed by atoms with Crippen LogP contribution in [0.2, 0.25) is 0 Å². The van der Waals surface area contributed by atoms with Crippen LogP contribution in [0.25, 0.3) is 0 Å². The van der Waals surface area contributed by atoms with E-state index in [1.54, 1.807) is 0 Å². The minimum absolute atomic E-state index is 0.272. The number of nitrogens with one attached hydrogen (secondary N) is 1. The zero-order chi connectivity index (χ0) is 12.7. The normalized spacial score (nSPS) is 14.1.